The SMILES string of the molecule is Cc1ccc([C@@H](C)NC(=O)Nc2cccc3[nH]ncc23)cc1. The van der Waals surface area contributed by atoms with Gasteiger partial charge in [-0.25, -0.2) is 4.79 Å². The van der Waals surface area contributed by atoms with E-state index in [-0.39, 0.29) is 12.1 Å². The van der Waals surface area contributed by atoms with Gasteiger partial charge in [0.05, 0.1) is 23.4 Å². The highest BCUT2D eigenvalue weighted by Gasteiger charge is 2.11. The number of nitrogens with zero attached hydrogens (tertiary/aromatic N) is 1. The molecule has 112 valence electrons. The highest BCUT2D eigenvalue weighted by atomic mass is 16.2. The first-order chi connectivity index (χ1) is 10.6. The third-order valence-corrected chi connectivity index (χ3v) is 3.66. The van der Waals surface area contributed by atoms with Crippen molar-refractivity contribution in [2.45, 2.75) is 19.9 Å². The van der Waals surface area contributed by atoms with Crippen molar-refractivity contribution in [1.82, 2.24) is 15.5 Å². The average molecular weight is 294 g/mol. The molecule has 1 atom stereocenters. The summed E-state index contributed by atoms with van der Waals surface area (Å²) >= 11 is 0. The molecule has 0 aliphatic carbocycles. The van der Waals surface area contributed by atoms with Gasteiger partial charge in [-0.3, -0.25) is 5.10 Å². The van der Waals surface area contributed by atoms with Crippen molar-refractivity contribution in [2.24, 2.45) is 0 Å². The zero-order valence-corrected chi connectivity index (χ0v) is 12.6. The van der Waals surface area contributed by atoms with Crippen molar-refractivity contribution in [2.75, 3.05) is 5.32 Å². The molecule has 2 amide bonds. The Balaban J connectivity index is 1.69. The van der Waals surface area contributed by atoms with Crippen molar-refractivity contribution in [3.63, 3.8) is 0 Å². The van der Waals surface area contributed by atoms with Crippen LogP contribution in [0.2, 0.25) is 0 Å². The predicted molar refractivity (Wildman–Crippen MR) is 87.8 cm³/mol. The third-order valence-electron chi connectivity index (χ3n) is 3.66. The van der Waals surface area contributed by atoms with E-state index in [1.807, 2.05) is 56.3 Å². The lowest BCUT2D eigenvalue weighted by Gasteiger charge is -2.15. The molecule has 1 heterocycles. The van der Waals surface area contributed by atoms with Gasteiger partial charge in [0.25, 0.3) is 0 Å². The minimum atomic E-state index is -0.234. The highest BCUT2D eigenvalue weighted by Crippen LogP contribution is 2.21. The lowest BCUT2D eigenvalue weighted by atomic mass is 10.1. The van der Waals surface area contributed by atoms with Crippen molar-refractivity contribution >= 4 is 22.6 Å². The van der Waals surface area contributed by atoms with E-state index < -0.39 is 0 Å². The third kappa shape index (κ3) is 2.93. The summed E-state index contributed by atoms with van der Waals surface area (Å²) < 4.78 is 0. The van der Waals surface area contributed by atoms with Crippen LogP contribution < -0.4 is 10.6 Å². The number of amides is 2. The Morgan fingerprint density at radius 3 is 2.73 bits per heavy atom. The second-order valence-electron chi connectivity index (χ2n) is 5.37. The van der Waals surface area contributed by atoms with Gasteiger partial charge in [-0.2, -0.15) is 5.10 Å². The molecule has 0 unspecified atom stereocenters. The number of benzene rings is 2. The summed E-state index contributed by atoms with van der Waals surface area (Å²) in [5, 5.41) is 13.6. The monoisotopic (exact) mass is 294 g/mol. The zero-order chi connectivity index (χ0) is 15.5. The predicted octanol–water partition coefficient (Wildman–Crippen LogP) is 3.75. The Labute approximate surface area is 128 Å². The summed E-state index contributed by atoms with van der Waals surface area (Å²) in [5.41, 5.74) is 3.90. The molecule has 0 bridgehead atoms. The van der Waals surface area contributed by atoms with Crippen LogP contribution >= 0.6 is 0 Å². The first kappa shape index (κ1) is 14.1. The fourth-order valence-corrected chi connectivity index (χ4v) is 2.37. The molecule has 3 aromatic rings. The molecule has 3 N–H and O–H groups in total. The smallest absolute Gasteiger partial charge is 0.319 e. The largest absolute Gasteiger partial charge is 0.331 e. The van der Waals surface area contributed by atoms with E-state index in [1.54, 1.807) is 6.20 Å². The molecule has 3 rings (SSSR count). The Bertz CT molecular complexity index is 792. The van der Waals surface area contributed by atoms with Crippen LogP contribution in [0.3, 0.4) is 0 Å². The maximum Gasteiger partial charge on any atom is 0.319 e. The molecular formula is C17H18N4O. The number of aromatic nitrogens is 2. The van der Waals surface area contributed by atoms with E-state index in [0.29, 0.717) is 0 Å². The van der Waals surface area contributed by atoms with E-state index >= 15 is 0 Å². The molecule has 2 aromatic carbocycles. The molecule has 0 spiro atoms. The topological polar surface area (TPSA) is 69.8 Å². The van der Waals surface area contributed by atoms with Crippen molar-refractivity contribution in [3.8, 4) is 0 Å². The molecule has 0 aliphatic heterocycles. The number of fused-ring (bicyclic) bond motifs is 1. The number of H-pyrrole nitrogens is 1. The summed E-state index contributed by atoms with van der Waals surface area (Å²) in [4.78, 5) is 12.2. The van der Waals surface area contributed by atoms with Crippen LogP contribution in [0.1, 0.15) is 24.1 Å². The van der Waals surface area contributed by atoms with E-state index in [1.165, 1.54) is 5.56 Å². The van der Waals surface area contributed by atoms with Crippen molar-refractivity contribution in [3.05, 3.63) is 59.8 Å². The van der Waals surface area contributed by atoms with E-state index in [4.69, 9.17) is 0 Å². The highest BCUT2D eigenvalue weighted by molar-refractivity contribution is 6.00. The number of aromatic amines is 1. The van der Waals surface area contributed by atoms with Crippen LogP contribution in [0.15, 0.2) is 48.7 Å². The second-order valence-corrected chi connectivity index (χ2v) is 5.37. The van der Waals surface area contributed by atoms with Gasteiger partial charge < -0.3 is 10.6 Å². The number of anilines is 1. The lowest BCUT2D eigenvalue weighted by Crippen LogP contribution is -2.31. The van der Waals surface area contributed by atoms with Crippen molar-refractivity contribution in [1.29, 1.82) is 0 Å². The van der Waals surface area contributed by atoms with Crippen LogP contribution in [0, 0.1) is 6.92 Å². The molecule has 1 aromatic heterocycles. The number of urea groups is 1. The number of carbonyl (C=O) groups is 1. The van der Waals surface area contributed by atoms with Crippen LogP contribution in [0.4, 0.5) is 10.5 Å². The Morgan fingerprint density at radius 1 is 1.18 bits per heavy atom. The van der Waals surface area contributed by atoms with Gasteiger partial charge in [0.15, 0.2) is 0 Å². The number of nitrogens with one attached hydrogen (secondary N) is 3. The summed E-state index contributed by atoms with van der Waals surface area (Å²) in [5.74, 6) is 0. The number of hydrogen-bond donors (Lipinski definition) is 3. The van der Waals surface area contributed by atoms with Gasteiger partial charge in [0.2, 0.25) is 0 Å². The van der Waals surface area contributed by atoms with E-state index in [0.717, 1.165) is 22.2 Å². The average Bonchev–Trinajstić information content (AvgIpc) is 2.97. The molecule has 5 heteroatoms. The number of aryl methyl sites for hydroxylation is 1. The zero-order valence-electron chi connectivity index (χ0n) is 12.6. The van der Waals surface area contributed by atoms with E-state index in [9.17, 15) is 4.79 Å². The molecule has 0 aliphatic rings. The molecule has 22 heavy (non-hydrogen) atoms. The second kappa shape index (κ2) is 5.89. The normalized spacial score (nSPS) is 12.1. The minimum absolute atomic E-state index is 0.0656. The minimum Gasteiger partial charge on any atom is -0.331 e. The first-order valence-corrected chi connectivity index (χ1v) is 7.19. The fourth-order valence-electron chi connectivity index (χ4n) is 2.37. The number of rotatable bonds is 3. The van der Waals surface area contributed by atoms with E-state index in [2.05, 4.69) is 20.8 Å². The van der Waals surface area contributed by atoms with Crippen LogP contribution in [0.25, 0.3) is 10.9 Å². The lowest BCUT2D eigenvalue weighted by molar-refractivity contribution is 0.249. The van der Waals surface area contributed by atoms with Crippen LogP contribution in [-0.2, 0) is 0 Å². The molecule has 0 saturated carbocycles. The van der Waals surface area contributed by atoms with Gasteiger partial charge in [0.1, 0.15) is 0 Å². The maximum absolute atomic E-state index is 12.2. The van der Waals surface area contributed by atoms with Crippen molar-refractivity contribution < 1.29 is 4.79 Å². The summed E-state index contributed by atoms with van der Waals surface area (Å²) in [6.45, 7) is 4.00. The van der Waals surface area contributed by atoms with Gasteiger partial charge in [-0.15, -0.1) is 0 Å². The van der Waals surface area contributed by atoms with Gasteiger partial charge >= 0.3 is 6.03 Å². The molecule has 0 fully saturated rings. The quantitative estimate of drug-likeness (QED) is 0.688. The standard InChI is InChI=1S/C17H18N4O/c1-11-6-8-13(9-7-11)12(2)19-17(22)20-15-4-3-5-16-14(15)10-18-21-16/h3-10,12H,1-2H3,(H,18,21)(H2,19,20,22)/t12-/m1/s1. The Morgan fingerprint density at radius 2 is 1.95 bits per heavy atom. The molecular weight excluding hydrogens is 276 g/mol. The molecule has 5 nitrogen and oxygen atoms in total. The summed E-state index contributed by atoms with van der Waals surface area (Å²) in [7, 11) is 0. The maximum atomic E-state index is 12.2. The first-order valence-electron chi connectivity index (χ1n) is 7.19. The molecule has 0 radical (unpaired) electrons. The summed E-state index contributed by atoms with van der Waals surface area (Å²) in [6, 6.07) is 13.5. The number of hydrogen-bond acceptors (Lipinski definition) is 2. The summed E-state index contributed by atoms with van der Waals surface area (Å²) in [6.07, 6.45) is 1.70. The van der Waals surface area contributed by atoms with Crippen LogP contribution in [0.5, 0.6) is 0 Å². The van der Waals surface area contributed by atoms with Crippen LogP contribution in [-0.4, -0.2) is 16.2 Å². The molecule has 0 saturated heterocycles. The van der Waals surface area contributed by atoms with Gasteiger partial charge in [-0.05, 0) is 31.5 Å². The fraction of sp³-hybridized carbons (Fsp3) is 0.176. The Hall–Kier alpha value is -2.82. The van der Waals surface area contributed by atoms with Gasteiger partial charge in [-0.1, -0.05) is 35.9 Å². The van der Waals surface area contributed by atoms with Gasteiger partial charge in [0, 0.05) is 5.39 Å². The Kier molecular flexibility index (Phi) is 3.78. The number of carbonyl (C=O) groups excluding carboxylic acids is 1.